The topological polar surface area (TPSA) is 64.1 Å². The van der Waals surface area contributed by atoms with Crippen LogP contribution in [0.25, 0.3) is 0 Å². The first kappa shape index (κ1) is 13.7. The van der Waals surface area contributed by atoms with Gasteiger partial charge in [-0.15, -0.1) is 0 Å². The van der Waals surface area contributed by atoms with Crippen molar-refractivity contribution in [2.24, 2.45) is 5.92 Å². The smallest absolute Gasteiger partial charge is 0.326 e. The summed E-state index contributed by atoms with van der Waals surface area (Å²) in [5, 5.41) is 9.16. The predicted octanol–water partition coefficient (Wildman–Crippen LogP) is 0.683. The van der Waals surface area contributed by atoms with Crippen molar-refractivity contribution in [3.05, 3.63) is 0 Å². The summed E-state index contributed by atoms with van der Waals surface area (Å²) in [7, 11) is 0. The van der Waals surface area contributed by atoms with Gasteiger partial charge in [0.15, 0.2) is 0 Å². The van der Waals surface area contributed by atoms with Crippen LogP contribution in [0.1, 0.15) is 25.7 Å². The molecule has 0 aromatic rings. The van der Waals surface area contributed by atoms with E-state index in [1.807, 2.05) is 4.90 Å². The maximum atomic E-state index is 12.4. The first-order valence-corrected chi connectivity index (χ1v) is 7.66. The Hall–Kier alpha value is -1.30. The molecule has 1 aliphatic carbocycles. The third kappa shape index (κ3) is 2.90. The lowest BCUT2D eigenvalue weighted by Gasteiger charge is -2.37. The maximum Gasteiger partial charge on any atom is 0.326 e. The van der Waals surface area contributed by atoms with E-state index >= 15 is 0 Å². The summed E-state index contributed by atoms with van der Waals surface area (Å²) in [6.07, 6.45) is 4.09. The molecule has 3 rings (SSSR count). The van der Waals surface area contributed by atoms with Crippen LogP contribution in [0.5, 0.6) is 0 Å². The first-order chi connectivity index (χ1) is 9.65. The summed E-state index contributed by atoms with van der Waals surface area (Å²) in [6, 6.07) is -0.701. The number of piperazine rings is 1. The average Bonchev–Trinajstić information content (AvgIpc) is 3.11. The van der Waals surface area contributed by atoms with Gasteiger partial charge in [-0.2, -0.15) is 0 Å². The number of rotatable bonds is 3. The van der Waals surface area contributed by atoms with Gasteiger partial charge in [0.05, 0.1) is 0 Å². The second-order valence-corrected chi connectivity index (χ2v) is 6.20. The maximum absolute atomic E-state index is 12.4. The molecule has 2 heterocycles. The SMILES string of the molecule is O=C(O)[C@@H]1CCCN1C(=O)N1CCN(CC2CC2)CC1. The molecule has 3 fully saturated rings. The lowest BCUT2D eigenvalue weighted by atomic mass is 10.2. The molecule has 0 bridgehead atoms. The van der Waals surface area contributed by atoms with E-state index in [0.717, 1.165) is 38.5 Å². The van der Waals surface area contributed by atoms with Gasteiger partial charge in [0, 0.05) is 39.3 Å². The highest BCUT2D eigenvalue weighted by Gasteiger charge is 2.37. The molecule has 2 saturated heterocycles. The highest BCUT2D eigenvalue weighted by atomic mass is 16.4. The lowest BCUT2D eigenvalue weighted by Crippen LogP contribution is -2.54. The minimum atomic E-state index is -0.872. The number of carbonyl (C=O) groups excluding carboxylic acids is 1. The van der Waals surface area contributed by atoms with Crippen LogP contribution in [0.3, 0.4) is 0 Å². The fourth-order valence-corrected chi connectivity index (χ4v) is 3.22. The minimum absolute atomic E-state index is 0.0824. The lowest BCUT2D eigenvalue weighted by molar-refractivity contribution is -0.141. The molecule has 1 saturated carbocycles. The van der Waals surface area contributed by atoms with E-state index in [4.69, 9.17) is 5.11 Å². The molecular weight excluding hydrogens is 258 g/mol. The Balaban J connectivity index is 1.51. The molecule has 6 heteroatoms. The van der Waals surface area contributed by atoms with Crippen LogP contribution in [-0.4, -0.2) is 77.1 Å². The fourth-order valence-electron chi connectivity index (χ4n) is 3.22. The van der Waals surface area contributed by atoms with E-state index in [-0.39, 0.29) is 6.03 Å². The van der Waals surface area contributed by atoms with Crippen molar-refractivity contribution >= 4 is 12.0 Å². The number of hydrogen-bond donors (Lipinski definition) is 1. The van der Waals surface area contributed by atoms with E-state index in [9.17, 15) is 9.59 Å². The Kier molecular flexibility index (Phi) is 3.83. The van der Waals surface area contributed by atoms with Gasteiger partial charge in [0.25, 0.3) is 0 Å². The normalized spacial score (nSPS) is 27.9. The molecule has 6 nitrogen and oxygen atoms in total. The largest absolute Gasteiger partial charge is 0.480 e. The van der Waals surface area contributed by atoms with E-state index in [2.05, 4.69) is 4.90 Å². The molecule has 0 aromatic heterocycles. The van der Waals surface area contributed by atoms with Gasteiger partial charge in [0.1, 0.15) is 6.04 Å². The zero-order valence-corrected chi connectivity index (χ0v) is 11.8. The molecule has 1 atom stereocenters. The molecule has 2 aliphatic heterocycles. The second-order valence-electron chi connectivity index (χ2n) is 6.20. The molecular formula is C14H23N3O3. The van der Waals surface area contributed by atoms with Gasteiger partial charge in [-0.1, -0.05) is 0 Å². The molecule has 0 aromatic carbocycles. The number of carbonyl (C=O) groups is 2. The van der Waals surface area contributed by atoms with Crippen LogP contribution in [0.2, 0.25) is 0 Å². The number of nitrogens with zero attached hydrogens (tertiary/aromatic N) is 3. The summed E-state index contributed by atoms with van der Waals surface area (Å²) in [5.74, 6) is 0.00967. The van der Waals surface area contributed by atoms with Crippen LogP contribution in [0.4, 0.5) is 4.79 Å². The summed E-state index contributed by atoms with van der Waals surface area (Å²) >= 11 is 0. The van der Waals surface area contributed by atoms with Crippen LogP contribution in [-0.2, 0) is 4.79 Å². The van der Waals surface area contributed by atoms with Gasteiger partial charge in [-0.05, 0) is 31.6 Å². The Morgan fingerprint density at radius 2 is 1.70 bits per heavy atom. The number of hydrogen-bond acceptors (Lipinski definition) is 3. The first-order valence-electron chi connectivity index (χ1n) is 7.66. The van der Waals surface area contributed by atoms with Crippen molar-refractivity contribution in [3.8, 4) is 0 Å². The van der Waals surface area contributed by atoms with Crippen molar-refractivity contribution in [2.75, 3.05) is 39.3 Å². The van der Waals surface area contributed by atoms with Gasteiger partial charge in [0.2, 0.25) is 0 Å². The molecule has 3 aliphatic rings. The Bertz CT molecular complexity index is 389. The Labute approximate surface area is 119 Å². The molecule has 20 heavy (non-hydrogen) atoms. The van der Waals surface area contributed by atoms with E-state index in [1.54, 1.807) is 4.90 Å². The van der Waals surface area contributed by atoms with Crippen molar-refractivity contribution in [2.45, 2.75) is 31.7 Å². The van der Waals surface area contributed by atoms with Crippen molar-refractivity contribution in [3.63, 3.8) is 0 Å². The summed E-state index contributed by atoms with van der Waals surface area (Å²) in [4.78, 5) is 29.4. The monoisotopic (exact) mass is 281 g/mol. The standard InChI is InChI=1S/C14H23N3O3/c18-13(19)12-2-1-5-17(12)14(20)16-8-6-15(7-9-16)10-11-3-4-11/h11-12H,1-10H2,(H,18,19)/t12-/m0/s1. The quantitative estimate of drug-likeness (QED) is 0.826. The summed E-state index contributed by atoms with van der Waals surface area (Å²) < 4.78 is 0. The van der Waals surface area contributed by atoms with Crippen LogP contribution in [0, 0.1) is 5.92 Å². The number of urea groups is 1. The highest BCUT2D eigenvalue weighted by molar-refractivity contribution is 5.83. The van der Waals surface area contributed by atoms with Gasteiger partial charge < -0.3 is 14.9 Å². The Morgan fingerprint density at radius 3 is 2.30 bits per heavy atom. The summed E-state index contributed by atoms with van der Waals surface area (Å²) in [6.45, 7) is 5.06. The zero-order valence-electron chi connectivity index (χ0n) is 11.8. The minimum Gasteiger partial charge on any atom is -0.480 e. The molecule has 0 spiro atoms. The van der Waals surface area contributed by atoms with Crippen molar-refractivity contribution < 1.29 is 14.7 Å². The van der Waals surface area contributed by atoms with Crippen LogP contribution >= 0.6 is 0 Å². The predicted molar refractivity (Wildman–Crippen MR) is 73.5 cm³/mol. The zero-order chi connectivity index (χ0) is 14.1. The Morgan fingerprint density at radius 1 is 1.00 bits per heavy atom. The van der Waals surface area contributed by atoms with Gasteiger partial charge in [-0.25, -0.2) is 9.59 Å². The van der Waals surface area contributed by atoms with Gasteiger partial charge in [-0.3, -0.25) is 4.90 Å². The van der Waals surface area contributed by atoms with Crippen LogP contribution in [0.15, 0.2) is 0 Å². The number of carboxylic acid groups (broad SMARTS) is 1. The third-order valence-corrected chi connectivity index (χ3v) is 4.64. The van der Waals surface area contributed by atoms with Crippen molar-refractivity contribution in [1.29, 1.82) is 0 Å². The highest BCUT2D eigenvalue weighted by Crippen LogP contribution is 2.30. The van der Waals surface area contributed by atoms with Crippen molar-refractivity contribution in [1.82, 2.24) is 14.7 Å². The third-order valence-electron chi connectivity index (χ3n) is 4.64. The molecule has 0 radical (unpaired) electrons. The van der Waals surface area contributed by atoms with E-state index < -0.39 is 12.0 Å². The van der Waals surface area contributed by atoms with E-state index in [1.165, 1.54) is 19.4 Å². The second kappa shape index (κ2) is 5.60. The van der Waals surface area contributed by atoms with Crippen LogP contribution < -0.4 is 0 Å². The fraction of sp³-hybridized carbons (Fsp3) is 0.857. The number of amides is 2. The number of likely N-dealkylation sites (tertiary alicyclic amines) is 1. The molecule has 112 valence electrons. The molecule has 0 unspecified atom stereocenters. The number of aliphatic carboxylic acids is 1. The van der Waals surface area contributed by atoms with Gasteiger partial charge >= 0.3 is 12.0 Å². The number of carboxylic acids is 1. The summed E-state index contributed by atoms with van der Waals surface area (Å²) in [5.41, 5.74) is 0. The van der Waals surface area contributed by atoms with E-state index in [0.29, 0.717) is 13.0 Å². The molecule has 2 amide bonds. The molecule has 1 N–H and O–H groups in total. The average molecular weight is 281 g/mol.